The molecule has 30 heavy (non-hydrogen) atoms. The van der Waals surface area contributed by atoms with Crippen LogP contribution in [0, 0.1) is 0 Å². The minimum atomic E-state index is -0.135. The van der Waals surface area contributed by atoms with E-state index in [0.717, 1.165) is 70.1 Å². The molecule has 1 atom stereocenters. The molecule has 0 aromatic heterocycles. The number of benzene rings is 1. The van der Waals surface area contributed by atoms with Crippen LogP contribution in [0.1, 0.15) is 32.6 Å². The predicted octanol–water partition coefficient (Wildman–Crippen LogP) is 2.53. The van der Waals surface area contributed by atoms with Gasteiger partial charge in [0.15, 0.2) is 0 Å². The molecule has 2 fully saturated rings. The molecule has 0 spiro atoms. The molecule has 0 bridgehead atoms. The zero-order chi connectivity index (χ0) is 20.9. The van der Waals surface area contributed by atoms with E-state index in [0.29, 0.717) is 6.54 Å². The van der Waals surface area contributed by atoms with E-state index in [1.54, 1.807) is 0 Å². The van der Waals surface area contributed by atoms with E-state index < -0.39 is 0 Å². The van der Waals surface area contributed by atoms with Crippen molar-refractivity contribution in [1.82, 2.24) is 14.7 Å². The van der Waals surface area contributed by atoms with Crippen LogP contribution in [-0.4, -0.2) is 90.7 Å². The number of carbonyl (C=O) groups excluding carboxylic acids is 2. The molecule has 0 aliphatic carbocycles. The van der Waals surface area contributed by atoms with Crippen LogP contribution in [0.2, 0.25) is 0 Å². The molecule has 6 nitrogen and oxygen atoms in total. The molecule has 1 aromatic carbocycles. The Bertz CT molecular complexity index is 742. The second kappa shape index (κ2) is 10.2. The smallest absolute Gasteiger partial charge is 0.244 e. The Hall–Kier alpha value is -1.57. The first kappa shape index (κ1) is 21.7. The SMILES string of the molecule is CC(C(=O)N1CCSc2ccccc21)N1CCN(CC(=O)N2CCCCCC2)CC1. The van der Waals surface area contributed by atoms with Crippen molar-refractivity contribution in [2.75, 3.05) is 63.0 Å². The number of hydrogen-bond donors (Lipinski definition) is 0. The quantitative estimate of drug-likeness (QED) is 0.735. The lowest BCUT2D eigenvalue weighted by molar-refractivity contribution is -0.133. The van der Waals surface area contributed by atoms with Crippen LogP contribution in [-0.2, 0) is 9.59 Å². The Labute approximate surface area is 184 Å². The molecule has 164 valence electrons. The summed E-state index contributed by atoms with van der Waals surface area (Å²) in [7, 11) is 0. The summed E-state index contributed by atoms with van der Waals surface area (Å²) in [6.07, 6.45) is 4.76. The number of carbonyl (C=O) groups is 2. The summed E-state index contributed by atoms with van der Waals surface area (Å²) in [5.74, 6) is 1.41. The normalized spacial score (nSPS) is 22.3. The molecule has 3 aliphatic heterocycles. The highest BCUT2D eigenvalue weighted by molar-refractivity contribution is 7.99. The zero-order valence-electron chi connectivity index (χ0n) is 18.1. The van der Waals surface area contributed by atoms with Crippen LogP contribution in [0.3, 0.4) is 0 Å². The molecule has 1 aromatic rings. The highest BCUT2D eigenvalue weighted by atomic mass is 32.2. The number of rotatable bonds is 4. The van der Waals surface area contributed by atoms with Crippen LogP contribution in [0.15, 0.2) is 29.2 Å². The second-order valence-corrected chi connectivity index (χ2v) is 9.73. The summed E-state index contributed by atoms with van der Waals surface area (Å²) in [6, 6.07) is 8.07. The Morgan fingerprint density at radius 3 is 2.37 bits per heavy atom. The summed E-state index contributed by atoms with van der Waals surface area (Å²) >= 11 is 1.83. The molecule has 3 heterocycles. The van der Waals surface area contributed by atoms with Gasteiger partial charge >= 0.3 is 0 Å². The number of para-hydroxylation sites is 1. The summed E-state index contributed by atoms with van der Waals surface area (Å²) < 4.78 is 0. The molecular formula is C23H34N4O2S. The fourth-order valence-electron chi connectivity index (χ4n) is 4.70. The number of likely N-dealkylation sites (tertiary alicyclic amines) is 1. The van der Waals surface area contributed by atoms with Crippen molar-refractivity contribution in [3.63, 3.8) is 0 Å². The Kier molecular flexibility index (Phi) is 7.33. The highest BCUT2D eigenvalue weighted by Crippen LogP contribution is 2.34. The Morgan fingerprint density at radius 1 is 0.933 bits per heavy atom. The van der Waals surface area contributed by atoms with Crippen molar-refractivity contribution in [1.29, 1.82) is 0 Å². The molecule has 1 unspecified atom stereocenters. The summed E-state index contributed by atoms with van der Waals surface area (Å²) in [6.45, 7) is 8.54. The van der Waals surface area contributed by atoms with Crippen LogP contribution in [0.4, 0.5) is 5.69 Å². The van der Waals surface area contributed by atoms with Crippen LogP contribution >= 0.6 is 11.8 Å². The van der Waals surface area contributed by atoms with Gasteiger partial charge in [-0.3, -0.25) is 19.4 Å². The van der Waals surface area contributed by atoms with Gasteiger partial charge in [0, 0.05) is 56.5 Å². The van der Waals surface area contributed by atoms with E-state index in [-0.39, 0.29) is 17.9 Å². The third kappa shape index (κ3) is 5.01. The Morgan fingerprint density at radius 2 is 1.63 bits per heavy atom. The van der Waals surface area contributed by atoms with E-state index in [1.807, 2.05) is 35.7 Å². The molecule has 2 amide bonds. The maximum absolute atomic E-state index is 13.3. The molecule has 0 radical (unpaired) electrons. The van der Waals surface area contributed by atoms with Gasteiger partial charge in [-0.1, -0.05) is 25.0 Å². The van der Waals surface area contributed by atoms with Crippen LogP contribution in [0.5, 0.6) is 0 Å². The topological polar surface area (TPSA) is 47.1 Å². The van der Waals surface area contributed by atoms with Crippen molar-refractivity contribution < 1.29 is 9.59 Å². The number of nitrogens with zero attached hydrogens (tertiary/aromatic N) is 4. The van der Waals surface area contributed by atoms with Gasteiger partial charge < -0.3 is 9.80 Å². The number of fused-ring (bicyclic) bond motifs is 1. The van der Waals surface area contributed by atoms with Gasteiger partial charge in [0.2, 0.25) is 11.8 Å². The molecule has 4 rings (SSSR count). The maximum atomic E-state index is 13.3. The average Bonchev–Trinajstić information content (AvgIpc) is 3.08. The fourth-order valence-corrected chi connectivity index (χ4v) is 5.69. The number of anilines is 1. The third-order valence-electron chi connectivity index (χ3n) is 6.62. The van der Waals surface area contributed by atoms with Gasteiger partial charge in [-0.2, -0.15) is 0 Å². The number of piperazine rings is 1. The average molecular weight is 431 g/mol. The monoisotopic (exact) mass is 430 g/mol. The van der Waals surface area contributed by atoms with Gasteiger partial charge in [0.25, 0.3) is 0 Å². The number of hydrogen-bond acceptors (Lipinski definition) is 5. The lowest BCUT2D eigenvalue weighted by Gasteiger charge is -2.40. The summed E-state index contributed by atoms with van der Waals surface area (Å²) in [5.41, 5.74) is 1.05. The first-order chi connectivity index (χ1) is 14.6. The predicted molar refractivity (Wildman–Crippen MR) is 122 cm³/mol. The summed E-state index contributed by atoms with van der Waals surface area (Å²) in [4.78, 5) is 35.7. The lowest BCUT2D eigenvalue weighted by Crippen LogP contribution is -2.56. The van der Waals surface area contributed by atoms with Gasteiger partial charge in [-0.15, -0.1) is 11.8 Å². The van der Waals surface area contributed by atoms with Gasteiger partial charge in [0.05, 0.1) is 18.3 Å². The lowest BCUT2D eigenvalue weighted by atomic mass is 10.1. The van der Waals surface area contributed by atoms with E-state index in [2.05, 4.69) is 26.8 Å². The molecular weight excluding hydrogens is 396 g/mol. The molecule has 0 N–H and O–H groups in total. The van der Waals surface area contributed by atoms with Crippen LogP contribution < -0.4 is 4.90 Å². The molecule has 7 heteroatoms. The zero-order valence-corrected chi connectivity index (χ0v) is 18.9. The molecule has 2 saturated heterocycles. The summed E-state index contributed by atoms with van der Waals surface area (Å²) in [5, 5.41) is 0. The van der Waals surface area contributed by atoms with Crippen molar-refractivity contribution in [2.45, 2.75) is 43.5 Å². The minimum absolute atomic E-state index is 0.135. The highest BCUT2D eigenvalue weighted by Gasteiger charge is 2.32. The standard InChI is InChI=1S/C23H34N4O2S/c1-19(23(29)27-16-17-30-21-9-5-4-8-20(21)27)25-14-12-24(13-15-25)18-22(28)26-10-6-2-3-7-11-26/h4-5,8-9,19H,2-3,6-7,10-18H2,1H3. The van der Waals surface area contributed by atoms with E-state index in [4.69, 9.17) is 0 Å². The van der Waals surface area contributed by atoms with Crippen LogP contribution in [0.25, 0.3) is 0 Å². The maximum Gasteiger partial charge on any atom is 0.244 e. The second-order valence-electron chi connectivity index (χ2n) is 8.59. The largest absolute Gasteiger partial charge is 0.342 e. The fraction of sp³-hybridized carbons (Fsp3) is 0.652. The van der Waals surface area contributed by atoms with Crippen molar-refractivity contribution in [3.8, 4) is 0 Å². The Balaban J connectivity index is 1.29. The van der Waals surface area contributed by atoms with Crippen molar-refractivity contribution >= 4 is 29.3 Å². The molecule has 3 aliphatic rings. The van der Waals surface area contributed by atoms with E-state index in [9.17, 15) is 9.59 Å². The van der Waals surface area contributed by atoms with Crippen molar-refractivity contribution in [3.05, 3.63) is 24.3 Å². The van der Waals surface area contributed by atoms with E-state index in [1.165, 1.54) is 17.7 Å². The van der Waals surface area contributed by atoms with Gasteiger partial charge in [0.1, 0.15) is 0 Å². The number of amides is 2. The minimum Gasteiger partial charge on any atom is -0.342 e. The van der Waals surface area contributed by atoms with Gasteiger partial charge in [-0.25, -0.2) is 0 Å². The van der Waals surface area contributed by atoms with Gasteiger partial charge in [-0.05, 0) is 31.9 Å². The van der Waals surface area contributed by atoms with Crippen molar-refractivity contribution in [2.24, 2.45) is 0 Å². The van der Waals surface area contributed by atoms with E-state index >= 15 is 0 Å². The number of thioether (sulfide) groups is 1. The third-order valence-corrected chi connectivity index (χ3v) is 7.67. The first-order valence-corrected chi connectivity index (χ1v) is 12.4. The first-order valence-electron chi connectivity index (χ1n) is 11.4. The molecule has 0 saturated carbocycles.